The summed E-state index contributed by atoms with van der Waals surface area (Å²) in [5, 5.41) is 2.86. The minimum Gasteiger partial charge on any atom is -0.493 e. The molecule has 21 heavy (non-hydrogen) atoms. The second kappa shape index (κ2) is 7.28. The highest BCUT2D eigenvalue weighted by atomic mass is 16.5. The van der Waals surface area contributed by atoms with Gasteiger partial charge in [-0.05, 0) is 31.2 Å². The van der Waals surface area contributed by atoms with Gasteiger partial charge in [0.2, 0.25) is 0 Å². The summed E-state index contributed by atoms with van der Waals surface area (Å²) >= 11 is 0. The molecule has 1 heterocycles. The van der Waals surface area contributed by atoms with Crippen molar-refractivity contribution in [1.82, 2.24) is 10.3 Å². The molecule has 5 nitrogen and oxygen atoms in total. The van der Waals surface area contributed by atoms with Gasteiger partial charge in [0.1, 0.15) is 6.61 Å². The second-order valence-electron chi connectivity index (χ2n) is 4.58. The number of para-hydroxylation sites is 2. The van der Waals surface area contributed by atoms with Gasteiger partial charge in [-0.2, -0.15) is 0 Å². The molecule has 0 spiro atoms. The number of benzene rings is 1. The van der Waals surface area contributed by atoms with Crippen LogP contribution in [0.5, 0.6) is 11.5 Å². The smallest absolute Gasteiger partial charge is 0.253 e. The molecule has 0 fully saturated rings. The molecular formula is C16H18N2O3. The van der Waals surface area contributed by atoms with Gasteiger partial charge in [0.15, 0.2) is 11.5 Å². The highest BCUT2D eigenvalue weighted by Crippen LogP contribution is 2.25. The van der Waals surface area contributed by atoms with E-state index in [2.05, 4.69) is 10.3 Å². The van der Waals surface area contributed by atoms with Crippen molar-refractivity contribution in [1.29, 1.82) is 0 Å². The molecule has 110 valence electrons. The third kappa shape index (κ3) is 4.21. The van der Waals surface area contributed by atoms with E-state index in [1.54, 1.807) is 25.4 Å². The van der Waals surface area contributed by atoms with E-state index in [-0.39, 0.29) is 11.9 Å². The number of methoxy groups -OCH3 is 1. The molecule has 1 amide bonds. The number of rotatable bonds is 6. The predicted molar refractivity (Wildman–Crippen MR) is 79.7 cm³/mol. The van der Waals surface area contributed by atoms with Gasteiger partial charge < -0.3 is 14.8 Å². The first-order valence-electron chi connectivity index (χ1n) is 6.67. The van der Waals surface area contributed by atoms with Gasteiger partial charge in [-0.15, -0.1) is 0 Å². The number of pyridine rings is 1. The summed E-state index contributed by atoms with van der Waals surface area (Å²) < 4.78 is 10.9. The summed E-state index contributed by atoms with van der Waals surface area (Å²) in [6.45, 7) is 2.23. The van der Waals surface area contributed by atoms with Crippen LogP contribution in [0.2, 0.25) is 0 Å². The van der Waals surface area contributed by atoms with Crippen molar-refractivity contribution >= 4 is 5.91 Å². The van der Waals surface area contributed by atoms with Crippen molar-refractivity contribution in [3.63, 3.8) is 0 Å². The molecular weight excluding hydrogens is 268 g/mol. The van der Waals surface area contributed by atoms with E-state index >= 15 is 0 Å². The monoisotopic (exact) mass is 286 g/mol. The van der Waals surface area contributed by atoms with Crippen LogP contribution in [-0.4, -0.2) is 30.6 Å². The molecule has 5 heteroatoms. The van der Waals surface area contributed by atoms with Crippen LogP contribution in [0.1, 0.15) is 17.3 Å². The fraction of sp³-hybridized carbons (Fsp3) is 0.250. The lowest BCUT2D eigenvalue weighted by atomic mass is 10.2. The molecule has 0 aliphatic rings. The molecule has 1 atom stereocenters. The molecule has 0 bridgehead atoms. The van der Waals surface area contributed by atoms with Crippen molar-refractivity contribution in [2.75, 3.05) is 13.7 Å². The average molecular weight is 286 g/mol. The Morgan fingerprint density at radius 3 is 2.67 bits per heavy atom. The van der Waals surface area contributed by atoms with Crippen LogP contribution < -0.4 is 14.8 Å². The first-order chi connectivity index (χ1) is 10.2. The van der Waals surface area contributed by atoms with Crippen molar-refractivity contribution in [3.8, 4) is 11.5 Å². The largest absolute Gasteiger partial charge is 0.493 e. The van der Waals surface area contributed by atoms with Crippen molar-refractivity contribution in [2.45, 2.75) is 13.0 Å². The number of amides is 1. The molecule has 0 aliphatic heterocycles. The van der Waals surface area contributed by atoms with Crippen LogP contribution >= 0.6 is 0 Å². The molecule has 0 saturated heterocycles. The van der Waals surface area contributed by atoms with Crippen LogP contribution in [0, 0.1) is 0 Å². The molecule has 0 saturated carbocycles. The van der Waals surface area contributed by atoms with Gasteiger partial charge in [-0.25, -0.2) is 0 Å². The standard InChI is InChI=1S/C16H18N2O3/c1-12(18-16(19)13-6-5-9-17-10-13)11-21-15-8-4-3-7-14(15)20-2/h3-10,12H,11H2,1-2H3,(H,18,19)/t12-/m0/s1. The molecule has 0 radical (unpaired) electrons. The van der Waals surface area contributed by atoms with E-state index in [0.29, 0.717) is 23.7 Å². The molecule has 0 aliphatic carbocycles. The predicted octanol–water partition coefficient (Wildman–Crippen LogP) is 2.29. The highest BCUT2D eigenvalue weighted by molar-refractivity contribution is 5.93. The van der Waals surface area contributed by atoms with Crippen LogP contribution in [-0.2, 0) is 0 Å². The number of carbonyl (C=O) groups is 1. The quantitative estimate of drug-likeness (QED) is 0.885. The Labute approximate surface area is 123 Å². The van der Waals surface area contributed by atoms with Gasteiger partial charge >= 0.3 is 0 Å². The normalized spacial score (nSPS) is 11.5. The second-order valence-corrected chi connectivity index (χ2v) is 4.58. The Morgan fingerprint density at radius 1 is 1.24 bits per heavy atom. The van der Waals surface area contributed by atoms with E-state index in [1.807, 2.05) is 31.2 Å². The maximum atomic E-state index is 12.0. The minimum absolute atomic E-state index is 0.136. The highest BCUT2D eigenvalue weighted by Gasteiger charge is 2.11. The van der Waals surface area contributed by atoms with Crippen LogP contribution in [0.3, 0.4) is 0 Å². The van der Waals surface area contributed by atoms with Gasteiger partial charge in [-0.1, -0.05) is 12.1 Å². The summed E-state index contributed by atoms with van der Waals surface area (Å²) in [5.74, 6) is 1.16. The fourth-order valence-electron chi connectivity index (χ4n) is 1.80. The molecule has 1 N–H and O–H groups in total. The lowest BCUT2D eigenvalue weighted by Crippen LogP contribution is -2.36. The summed E-state index contributed by atoms with van der Waals surface area (Å²) in [6, 6.07) is 10.7. The number of carbonyl (C=O) groups excluding carboxylic acids is 1. The molecule has 1 aromatic heterocycles. The molecule has 2 aromatic rings. The fourth-order valence-corrected chi connectivity index (χ4v) is 1.80. The number of hydrogen-bond acceptors (Lipinski definition) is 4. The van der Waals surface area contributed by atoms with E-state index in [1.165, 1.54) is 6.20 Å². The van der Waals surface area contributed by atoms with Crippen LogP contribution in [0.4, 0.5) is 0 Å². The van der Waals surface area contributed by atoms with Crippen LogP contribution in [0.25, 0.3) is 0 Å². The Balaban J connectivity index is 1.87. The Bertz CT molecular complexity index is 587. The zero-order chi connectivity index (χ0) is 15.1. The lowest BCUT2D eigenvalue weighted by Gasteiger charge is -2.16. The third-order valence-electron chi connectivity index (χ3n) is 2.86. The summed E-state index contributed by atoms with van der Waals surface area (Å²) in [6.07, 6.45) is 3.16. The molecule has 1 aromatic carbocycles. The maximum Gasteiger partial charge on any atom is 0.253 e. The van der Waals surface area contributed by atoms with Gasteiger partial charge in [0.25, 0.3) is 5.91 Å². The summed E-state index contributed by atoms with van der Waals surface area (Å²) in [5.41, 5.74) is 0.529. The van der Waals surface area contributed by atoms with Gasteiger partial charge in [-0.3, -0.25) is 9.78 Å². The Kier molecular flexibility index (Phi) is 5.15. The first kappa shape index (κ1) is 14.8. The van der Waals surface area contributed by atoms with E-state index in [4.69, 9.17) is 9.47 Å². The number of nitrogens with zero attached hydrogens (tertiary/aromatic N) is 1. The van der Waals surface area contributed by atoms with E-state index in [9.17, 15) is 4.79 Å². The summed E-state index contributed by atoms with van der Waals surface area (Å²) in [4.78, 5) is 15.9. The van der Waals surface area contributed by atoms with Crippen LogP contribution in [0.15, 0.2) is 48.8 Å². The summed E-state index contributed by atoms with van der Waals surface area (Å²) in [7, 11) is 1.59. The SMILES string of the molecule is COc1ccccc1OC[C@H](C)NC(=O)c1cccnc1. The molecule has 2 rings (SSSR count). The number of ether oxygens (including phenoxy) is 2. The molecule has 0 unspecified atom stereocenters. The van der Waals surface area contributed by atoms with E-state index < -0.39 is 0 Å². The average Bonchev–Trinajstić information content (AvgIpc) is 2.54. The Morgan fingerprint density at radius 2 is 2.00 bits per heavy atom. The van der Waals surface area contributed by atoms with Crippen molar-refractivity contribution in [2.24, 2.45) is 0 Å². The third-order valence-corrected chi connectivity index (χ3v) is 2.86. The van der Waals surface area contributed by atoms with E-state index in [0.717, 1.165) is 0 Å². The minimum atomic E-state index is -0.167. The zero-order valence-electron chi connectivity index (χ0n) is 12.1. The van der Waals surface area contributed by atoms with Gasteiger partial charge in [0.05, 0.1) is 18.7 Å². The number of hydrogen-bond donors (Lipinski definition) is 1. The number of nitrogens with one attached hydrogen (secondary N) is 1. The Hall–Kier alpha value is -2.56. The topological polar surface area (TPSA) is 60.5 Å². The van der Waals surface area contributed by atoms with Crippen molar-refractivity contribution in [3.05, 3.63) is 54.4 Å². The lowest BCUT2D eigenvalue weighted by molar-refractivity contribution is 0.0926. The number of aromatic nitrogens is 1. The van der Waals surface area contributed by atoms with Crippen molar-refractivity contribution < 1.29 is 14.3 Å². The van der Waals surface area contributed by atoms with Gasteiger partial charge in [0, 0.05) is 12.4 Å². The maximum absolute atomic E-state index is 12.0. The first-order valence-corrected chi connectivity index (χ1v) is 6.67. The zero-order valence-corrected chi connectivity index (χ0v) is 12.1.